The van der Waals surface area contributed by atoms with Gasteiger partial charge in [-0.3, -0.25) is 19.2 Å². The molecular formula is C35H49BrN4O7. The SMILES string of the molecule is C=CCCC(=O)NC[C@H](C)OC(=O)[C@@H]1[C@H]2O[C@@]3(CC2Br)[C@H](C(=O)N(CC=C)c2ccc(N(CC)CC)cc2)N(CCCCO)C(=O)[C@@H]13. The van der Waals surface area contributed by atoms with Crippen LogP contribution in [0.15, 0.2) is 49.6 Å². The normalized spacial score (nSPS) is 26.4. The summed E-state index contributed by atoms with van der Waals surface area (Å²) < 4.78 is 12.4. The van der Waals surface area contributed by atoms with E-state index >= 15 is 0 Å². The lowest BCUT2D eigenvalue weighted by Gasteiger charge is -2.37. The van der Waals surface area contributed by atoms with Crippen LogP contribution in [0.4, 0.5) is 11.4 Å². The summed E-state index contributed by atoms with van der Waals surface area (Å²) >= 11 is 3.70. The Morgan fingerprint density at radius 1 is 1.17 bits per heavy atom. The van der Waals surface area contributed by atoms with Gasteiger partial charge in [0, 0.05) is 55.4 Å². The zero-order chi connectivity index (χ0) is 34.3. The van der Waals surface area contributed by atoms with Gasteiger partial charge in [0.15, 0.2) is 0 Å². The Morgan fingerprint density at radius 2 is 1.85 bits per heavy atom. The van der Waals surface area contributed by atoms with Crippen LogP contribution in [0.5, 0.6) is 0 Å². The molecule has 7 atom stereocenters. The minimum Gasteiger partial charge on any atom is -0.460 e. The predicted octanol–water partition coefficient (Wildman–Crippen LogP) is 3.59. The van der Waals surface area contributed by atoms with Crippen molar-refractivity contribution in [2.45, 2.75) is 81.6 Å². The van der Waals surface area contributed by atoms with Crippen LogP contribution in [-0.2, 0) is 28.7 Å². The van der Waals surface area contributed by atoms with Gasteiger partial charge in [0.25, 0.3) is 5.91 Å². The number of carbonyl (C=O) groups is 4. The minimum atomic E-state index is -1.25. The maximum absolute atomic E-state index is 14.7. The highest BCUT2D eigenvalue weighted by Crippen LogP contribution is 2.60. The Hall–Kier alpha value is -3.22. The lowest BCUT2D eigenvalue weighted by molar-refractivity contribution is -0.159. The molecular weight excluding hydrogens is 668 g/mol. The molecule has 4 rings (SSSR count). The monoisotopic (exact) mass is 716 g/mol. The summed E-state index contributed by atoms with van der Waals surface area (Å²) in [4.78, 5) is 60.0. The van der Waals surface area contributed by atoms with Gasteiger partial charge >= 0.3 is 5.97 Å². The van der Waals surface area contributed by atoms with E-state index in [1.165, 1.54) is 0 Å². The highest BCUT2D eigenvalue weighted by molar-refractivity contribution is 9.09. The first-order valence-corrected chi connectivity index (χ1v) is 17.6. The van der Waals surface area contributed by atoms with Crippen molar-refractivity contribution >= 4 is 51.0 Å². The second-order valence-corrected chi connectivity index (χ2v) is 13.6. The van der Waals surface area contributed by atoms with Crippen molar-refractivity contribution in [3.63, 3.8) is 0 Å². The molecule has 47 heavy (non-hydrogen) atoms. The van der Waals surface area contributed by atoms with E-state index in [4.69, 9.17) is 9.47 Å². The number of rotatable bonds is 18. The van der Waals surface area contributed by atoms with Crippen LogP contribution < -0.4 is 15.1 Å². The summed E-state index contributed by atoms with van der Waals surface area (Å²) in [5.74, 6) is -3.25. The number of carbonyl (C=O) groups excluding carboxylic acids is 4. The van der Waals surface area contributed by atoms with E-state index in [0.29, 0.717) is 31.4 Å². The number of halogens is 1. The number of fused-ring (bicyclic) bond motifs is 1. The lowest BCUT2D eigenvalue weighted by atomic mass is 9.70. The van der Waals surface area contributed by atoms with E-state index in [1.54, 1.807) is 28.9 Å². The number of aliphatic hydroxyl groups excluding tert-OH is 1. The second kappa shape index (κ2) is 16.3. The molecule has 3 saturated heterocycles. The molecule has 1 spiro atoms. The van der Waals surface area contributed by atoms with Crippen LogP contribution in [0.3, 0.4) is 0 Å². The van der Waals surface area contributed by atoms with Gasteiger partial charge < -0.3 is 34.6 Å². The van der Waals surface area contributed by atoms with Gasteiger partial charge in [-0.05, 0) is 70.7 Å². The fourth-order valence-electron chi connectivity index (χ4n) is 7.24. The zero-order valence-electron chi connectivity index (χ0n) is 27.7. The molecule has 12 heteroatoms. The Bertz CT molecular complexity index is 1310. The fourth-order valence-corrected chi connectivity index (χ4v) is 8.18. The molecule has 11 nitrogen and oxygen atoms in total. The van der Waals surface area contributed by atoms with Crippen LogP contribution >= 0.6 is 15.9 Å². The molecule has 3 heterocycles. The number of likely N-dealkylation sites (tertiary alicyclic amines) is 1. The lowest BCUT2D eigenvalue weighted by Crippen LogP contribution is -2.57. The molecule has 3 fully saturated rings. The van der Waals surface area contributed by atoms with Crippen molar-refractivity contribution in [1.82, 2.24) is 10.2 Å². The van der Waals surface area contributed by atoms with Crippen molar-refractivity contribution in [3.8, 4) is 0 Å². The first kappa shape index (κ1) is 36.6. The standard InChI is InChI=1S/C35H49BrN4O7/c1-6-10-13-27(42)37-22-23(5)46-34(45)28-29-32(43)40(19-11-12-20-41)31(35(29)21-26(36)30(28)47-35)33(44)39(18-7-2)25-16-14-24(15-17-25)38(8-3)9-4/h6-7,14-17,23,26,28-31,41H,1-2,8-13,18-22H2,3-5H3,(H,37,42)/t23-,26?,28-,29+,30-,31-,35+/m0/s1. The predicted molar refractivity (Wildman–Crippen MR) is 184 cm³/mol. The number of aliphatic hydroxyl groups is 1. The van der Waals surface area contributed by atoms with E-state index in [1.807, 2.05) is 24.3 Å². The van der Waals surface area contributed by atoms with Crippen LogP contribution in [0.25, 0.3) is 0 Å². The number of alkyl halides is 1. The number of unbranched alkanes of at least 4 members (excludes halogenated alkanes) is 1. The maximum atomic E-state index is 14.7. The third kappa shape index (κ3) is 7.44. The number of esters is 1. The van der Waals surface area contributed by atoms with Gasteiger partial charge in [0.05, 0.1) is 24.5 Å². The fraction of sp³-hybridized carbons (Fsp3) is 0.600. The maximum Gasteiger partial charge on any atom is 0.312 e. The number of allylic oxidation sites excluding steroid dienone is 1. The number of hydrogen-bond donors (Lipinski definition) is 2. The Kier molecular flexibility index (Phi) is 12.7. The third-order valence-electron chi connectivity index (χ3n) is 9.45. The minimum absolute atomic E-state index is 0.0459. The molecule has 3 amide bonds. The number of benzene rings is 1. The van der Waals surface area contributed by atoms with Crippen LogP contribution in [0.2, 0.25) is 0 Å². The highest BCUT2D eigenvalue weighted by atomic mass is 79.9. The number of anilines is 2. The molecule has 0 radical (unpaired) electrons. The number of hydrogen-bond acceptors (Lipinski definition) is 8. The first-order valence-electron chi connectivity index (χ1n) is 16.7. The van der Waals surface area contributed by atoms with Crippen molar-refractivity contribution in [2.24, 2.45) is 11.8 Å². The molecule has 0 saturated carbocycles. The van der Waals surface area contributed by atoms with Gasteiger partial charge in [0.1, 0.15) is 17.7 Å². The largest absolute Gasteiger partial charge is 0.460 e. The summed E-state index contributed by atoms with van der Waals surface area (Å²) in [5.41, 5.74) is 0.451. The molecule has 3 aliphatic rings. The van der Waals surface area contributed by atoms with Crippen molar-refractivity contribution < 1.29 is 33.8 Å². The topological polar surface area (TPSA) is 129 Å². The smallest absolute Gasteiger partial charge is 0.312 e. The van der Waals surface area contributed by atoms with Gasteiger partial charge in [-0.15, -0.1) is 13.2 Å². The first-order chi connectivity index (χ1) is 22.6. The Labute approximate surface area is 286 Å². The van der Waals surface area contributed by atoms with E-state index in [9.17, 15) is 24.3 Å². The van der Waals surface area contributed by atoms with Gasteiger partial charge in [0.2, 0.25) is 11.8 Å². The zero-order valence-corrected chi connectivity index (χ0v) is 29.3. The Morgan fingerprint density at radius 3 is 2.47 bits per heavy atom. The van der Waals surface area contributed by atoms with E-state index < -0.39 is 41.7 Å². The Balaban J connectivity index is 1.63. The average molecular weight is 718 g/mol. The summed E-state index contributed by atoms with van der Waals surface area (Å²) in [5, 5.41) is 12.3. The van der Waals surface area contributed by atoms with Gasteiger partial charge in [-0.1, -0.05) is 28.1 Å². The summed E-state index contributed by atoms with van der Waals surface area (Å²) in [6, 6.07) is 6.76. The number of nitrogens with zero attached hydrogens (tertiary/aromatic N) is 3. The molecule has 0 aromatic heterocycles. The second-order valence-electron chi connectivity index (χ2n) is 12.4. The number of nitrogens with one attached hydrogen (secondary N) is 1. The molecule has 3 aliphatic heterocycles. The molecule has 1 unspecified atom stereocenters. The van der Waals surface area contributed by atoms with Crippen molar-refractivity contribution in [3.05, 3.63) is 49.6 Å². The van der Waals surface area contributed by atoms with Crippen molar-refractivity contribution in [1.29, 1.82) is 0 Å². The van der Waals surface area contributed by atoms with Gasteiger partial charge in [-0.25, -0.2) is 0 Å². The van der Waals surface area contributed by atoms with Crippen LogP contribution in [0, 0.1) is 11.8 Å². The number of amides is 3. The van der Waals surface area contributed by atoms with Gasteiger partial charge in [-0.2, -0.15) is 0 Å². The van der Waals surface area contributed by atoms with Crippen molar-refractivity contribution in [2.75, 3.05) is 49.1 Å². The van der Waals surface area contributed by atoms with E-state index in [2.05, 4.69) is 53.2 Å². The summed E-state index contributed by atoms with van der Waals surface area (Å²) in [7, 11) is 0. The molecule has 1 aromatic rings. The average Bonchev–Trinajstić information content (AvgIpc) is 3.65. The molecule has 2 N–H and O–H groups in total. The summed E-state index contributed by atoms with van der Waals surface area (Å²) in [6.45, 7) is 15.6. The molecule has 258 valence electrons. The molecule has 1 aromatic carbocycles. The van der Waals surface area contributed by atoms with E-state index in [0.717, 1.165) is 18.8 Å². The molecule has 0 aliphatic carbocycles. The summed E-state index contributed by atoms with van der Waals surface area (Å²) in [6.07, 6.45) is 4.13. The van der Waals surface area contributed by atoms with Crippen LogP contribution in [-0.4, -0.2) is 102 Å². The van der Waals surface area contributed by atoms with Crippen LogP contribution in [0.1, 0.15) is 52.9 Å². The van der Waals surface area contributed by atoms with E-state index in [-0.39, 0.29) is 55.2 Å². The highest BCUT2D eigenvalue weighted by Gasteiger charge is 2.77. The quantitative estimate of drug-likeness (QED) is 0.102. The third-order valence-corrected chi connectivity index (χ3v) is 10.3. The molecule has 2 bridgehead atoms. The number of ether oxygens (including phenoxy) is 2.